The molecule has 0 aliphatic heterocycles. The number of nitrogens with two attached hydrogens (primary N) is 1. The second-order valence-electron chi connectivity index (χ2n) is 2.19. The van der Waals surface area contributed by atoms with E-state index in [0.29, 0.717) is 10.8 Å². The zero-order valence-corrected chi connectivity index (χ0v) is 7.78. The van der Waals surface area contributed by atoms with E-state index in [4.69, 9.17) is 5.73 Å². The minimum atomic E-state index is -0.647. The van der Waals surface area contributed by atoms with Crippen molar-refractivity contribution in [3.8, 4) is 0 Å². The third-order valence-corrected chi connectivity index (χ3v) is 2.26. The Labute approximate surface area is 78.8 Å². The van der Waals surface area contributed by atoms with Gasteiger partial charge in [0.05, 0.1) is 7.11 Å². The van der Waals surface area contributed by atoms with Crippen molar-refractivity contribution in [2.24, 2.45) is 5.73 Å². The monoisotopic (exact) mass is 203 g/mol. The maximum Gasteiger partial charge on any atom is 0.323 e. The summed E-state index contributed by atoms with van der Waals surface area (Å²) in [6.45, 7) is 0. The van der Waals surface area contributed by atoms with Crippen LogP contribution in [-0.2, 0) is 9.53 Å². The average molecular weight is 203 g/mol. The summed E-state index contributed by atoms with van der Waals surface area (Å²) >= 11 is 1.29. The predicted octanol–water partition coefficient (Wildman–Crippen LogP) is -0.338. The molecule has 13 heavy (non-hydrogen) atoms. The second kappa shape index (κ2) is 4.83. The van der Waals surface area contributed by atoms with Crippen LogP contribution in [0.3, 0.4) is 0 Å². The van der Waals surface area contributed by atoms with Gasteiger partial charge in [-0.05, 0) is 5.16 Å². The first-order valence-electron chi connectivity index (χ1n) is 3.48. The molecule has 7 heteroatoms. The highest BCUT2D eigenvalue weighted by molar-refractivity contribution is 7.99. The van der Waals surface area contributed by atoms with E-state index in [-0.39, 0.29) is 0 Å². The van der Waals surface area contributed by atoms with Gasteiger partial charge in [0.15, 0.2) is 5.03 Å². The number of carbonyl (C=O) groups excluding carboxylic acids is 1. The van der Waals surface area contributed by atoms with Crippen LogP contribution in [0.2, 0.25) is 0 Å². The Morgan fingerprint density at radius 2 is 2.69 bits per heavy atom. The van der Waals surface area contributed by atoms with Gasteiger partial charge in [0.2, 0.25) is 0 Å². The molecule has 0 unspecified atom stereocenters. The number of rotatable bonds is 4. The number of hydrogen-bond donors (Lipinski definition) is 1. The highest BCUT2D eigenvalue weighted by Crippen LogP contribution is 2.13. The van der Waals surface area contributed by atoms with Gasteiger partial charge in [-0.1, -0.05) is 16.9 Å². The van der Waals surface area contributed by atoms with E-state index in [1.165, 1.54) is 25.1 Å². The molecule has 1 aromatic rings. The van der Waals surface area contributed by atoms with Crippen LogP contribution < -0.4 is 5.73 Å². The Bertz CT molecular complexity index is 264. The van der Waals surface area contributed by atoms with Gasteiger partial charge in [-0.3, -0.25) is 4.79 Å². The molecule has 1 rings (SSSR count). The van der Waals surface area contributed by atoms with E-state index in [1.807, 2.05) is 0 Å². The van der Waals surface area contributed by atoms with Crippen LogP contribution in [0, 0.1) is 0 Å². The first-order chi connectivity index (χ1) is 6.24. The molecule has 72 valence electrons. The maximum atomic E-state index is 10.9. The highest BCUT2D eigenvalue weighted by Gasteiger charge is 2.14. The molecular formula is C6H9N3O3S. The van der Waals surface area contributed by atoms with Gasteiger partial charge in [0.25, 0.3) is 0 Å². The number of hydrogen-bond acceptors (Lipinski definition) is 7. The van der Waals surface area contributed by atoms with Gasteiger partial charge < -0.3 is 10.5 Å². The molecule has 0 aromatic carbocycles. The molecule has 0 spiro atoms. The summed E-state index contributed by atoms with van der Waals surface area (Å²) in [5, 5.41) is 7.54. The van der Waals surface area contributed by atoms with E-state index in [0.717, 1.165) is 0 Å². The summed E-state index contributed by atoms with van der Waals surface area (Å²) in [7, 11) is 1.30. The van der Waals surface area contributed by atoms with Crippen LogP contribution in [0.25, 0.3) is 0 Å². The Hall–Kier alpha value is -1.08. The lowest BCUT2D eigenvalue weighted by atomic mass is 10.4. The van der Waals surface area contributed by atoms with E-state index in [1.54, 1.807) is 0 Å². The van der Waals surface area contributed by atoms with Crippen molar-refractivity contribution in [3.05, 3.63) is 6.20 Å². The molecule has 0 fully saturated rings. The lowest BCUT2D eigenvalue weighted by Crippen LogP contribution is -2.33. The SMILES string of the molecule is COC(=O)[C@@H](N)CSc1cnon1. The largest absolute Gasteiger partial charge is 0.468 e. The van der Waals surface area contributed by atoms with Crippen molar-refractivity contribution in [1.29, 1.82) is 0 Å². The zero-order valence-electron chi connectivity index (χ0n) is 6.97. The highest BCUT2D eigenvalue weighted by atomic mass is 32.2. The van der Waals surface area contributed by atoms with Gasteiger partial charge in [0, 0.05) is 5.75 Å². The van der Waals surface area contributed by atoms with Crippen LogP contribution >= 0.6 is 11.8 Å². The van der Waals surface area contributed by atoms with Gasteiger partial charge in [-0.2, -0.15) is 0 Å². The number of aromatic nitrogens is 2. The molecular weight excluding hydrogens is 194 g/mol. The summed E-state index contributed by atoms with van der Waals surface area (Å²) in [6.07, 6.45) is 1.45. The summed E-state index contributed by atoms with van der Waals surface area (Å²) < 4.78 is 8.80. The van der Waals surface area contributed by atoms with E-state index < -0.39 is 12.0 Å². The molecule has 0 aliphatic carbocycles. The smallest absolute Gasteiger partial charge is 0.323 e. The number of ether oxygens (including phenoxy) is 1. The molecule has 2 N–H and O–H groups in total. The number of methoxy groups -OCH3 is 1. The number of esters is 1. The quantitative estimate of drug-likeness (QED) is 0.528. The number of nitrogens with zero attached hydrogens (tertiary/aromatic N) is 2. The maximum absolute atomic E-state index is 10.9. The van der Waals surface area contributed by atoms with Crippen molar-refractivity contribution >= 4 is 17.7 Å². The van der Waals surface area contributed by atoms with Gasteiger partial charge in [-0.25, -0.2) is 4.63 Å². The van der Waals surface area contributed by atoms with Crippen molar-refractivity contribution in [2.75, 3.05) is 12.9 Å². The van der Waals surface area contributed by atoms with Gasteiger partial charge in [0.1, 0.15) is 12.2 Å². The van der Waals surface area contributed by atoms with Crippen molar-refractivity contribution < 1.29 is 14.2 Å². The summed E-state index contributed by atoms with van der Waals surface area (Å²) in [4.78, 5) is 10.9. The van der Waals surface area contributed by atoms with E-state index >= 15 is 0 Å². The lowest BCUT2D eigenvalue weighted by Gasteiger charge is -2.05. The minimum absolute atomic E-state index is 0.390. The molecule has 0 radical (unpaired) electrons. The van der Waals surface area contributed by atoms with Crippen molar-refractivity contribution in [3.63, 3.8) is 0 Å². The van der Waals surface area contributed by atoms with E-state index in [9.17, 15) is 4.79 Å². The summed E-state index contributed by atoms with van der Waals surface area (Å²) in [6, 6.07) is -0.647. The minimum Gasteiger partial charge on any atom is -0.468 e. The topological polar surface area (TPSA) is 91.2 Å². The first-order valence-corrected chi connectivity index (χ1v) is 4.46. The second-order valence-corrected chi connectivity index (χ2v) is 3.23. The number of thioether (sulfide) groups is 1. The lowest BCUT2D eigenvalue weighted by molar-refractivity contribution is -0.141. The molecule has 1 atom stereocenters. The standard InChI is InChI=1S/C6H9N3O3S/c1-11-6(10)4(7)3-13-5-2-8-12-9-5/h2,4H,3,7H2,1H3/t4-/m0/s1. The van der Waals surface area contributed by atoms with Gasteiger partial charge in [-0.15, -0.1) is 0 Å². The molecule has 0 bridgehead atoms. The predicted molar refractivity (Wildman–Crippen MR) is 45.0 cm³/mol. The normalized spacial score (nSPS) is 12.5. The molecule has 0 aliphatic rings. The molecule has 1 aromatic heterocycles. The van der Waals surface area contributed by atoms with Crippen LogP contribution in [0.5, 0.6) is 0 Å². The molecule has 0 saturated heterocycles. The van der Waals surface area contributed by atoms with Crippen LogP contribution in [0.15, 0.2) is 15.9 Å². The van der Waals surface area contributed by atoms with Gasteiger partial charge >= 0.3 is 5.97 Å². The summed E-state index contributed by atoms with van der Waals surface area (Å²) in [5.74, 6) is -0.0510. The molecule has 0 saturated carbocycles. The zero-order chi connectivity index (χ0) is 9.68. The van der Waals surface area contributed by atoms with E-state index in [2.05, 4.69) is 19.7 Å². The fraction of sp³-hybridized carbons (Fsp3) is 0.500. The Morgan fingerprint density at radius 3 is 3.23 bits per heavy atom. The van der Waals surface area contributed by atoms with Crippen LogP contribution in [0.4, 0.5) is 0 Å². The molecule has 1 heterocycles. The third kappa shape index (κ3) is 3.03. The number of carbonyl (C=O) groups is 1. The average Bonchev–Trinajstić information content (AvgIpc) is 2.65. The van der Waals surface area contributed by atoms with Crippen LogP contribution in [0.1, 0.15) is 0 Å². The Kier molecular flexibility index (Phi) is 3.71. The molecule has 6 nitrogen and oxygen atoms in total. The Morgan fingerprint density at radius 1 is 1.92 bits per heavy atom. The fourth-order valence-corrected chi connectivity index (χ4v) is 1.30. The van der Waals surface area contributed by atoms with Crippen molar-refractivity contribution in [2.45, 2.75) is 11.1 Å². The summed E-state index contributed by atoms with van der Waals surface area (Å²) in [5.41, 5.74) is 5.47. The molecule has 0 amide bonds. The first kappa shape index (κ1) is 10.0. The third-order valence-electron chi connectivity index (χ3n) is 1.26. The van der Waals surface area contributed by atoms with Crippen LogP contribution in [-0.4, -0.2) is 35.2 Å². The fourth-order valence-electron chi connectivity index (χ4n) is 0.614. The Balaban J connectivity index is 2.30. The van der Waals surface area contributed by atoms with Crippen molar-refractivity contribution in [1.82, 2.24) is 10.3 Å².